The first-order valence-corrected chi connectivity index (χ1v) is 13.2. The molecule has 10 heteroatoms. The van der Waals surface area contributed by atoms with Gasteiger partial charge in [0.1, 0.15) is 12.6 Å². The number of carbonyl (C=O) groups is 1. The van der Waals surface area contributed by atoms with Crippen LogP contribution in [0, 0.1) is 0 Å². The molecule has 0 saturated carbocycles. The SMILES string of the molecule is C=CCOC(=O)C1=C(C)Nc2nc(SCCCC)nn2C1c1cc(Br)c(OCC)c(OCC)c1. The summed E-state index contributed by atoms with van der Waals surface area (Å²) < 4.78 is 19.6. The third-order valence-electron chi connectivity index (χ3n) is 5.05. The summed E-state index contributed by atoms with van der Waals surface area (Å²) in [5.74, 6) is 2.26. The van der Waals surface area contributed by atoms with Crippen molar-refractivity contribution in [1.29, 1.82) is 0 Å². The van der Waals surface area contributed by atoms with Gasteiger partial charge in [-0.3, -0.25) is 0 Å². The van der Waals surface area contributed by atoms with Crippen molar-refractivity contribution in [2.75, 3.05) is 30.9 Å². The van der Waals surface area contributed by atoms with Crippen molar-refractivity contribution in [3.05, 3.63) is 46.1 Å². The van der Waals surface area contributed by atoms with Gasteiger partial charge in [-0.05, 0) is 60.8 Å². The Hall–Kier alpha value is -2.46. The molecule has 0 aliphatic carbocycles. The van der Waals surface area contributed by atoms with E-state index in [4.69, 9.17) is 19.3 Å². The number of allylic oxidation sites excluding steroid dienone is 1. The number of hydrogen-bond donors (Lipinski definition) is 1. The molecule has 2 aromatic rings. The van der Waals surface area contributed by atoms with E-state index in [0.29, 0.717) is 47.1 Å². The van der Waals surface area contributed by atoms with Gasteiger partial charge in [0.2, 0.25) is 11.1 Å². The minimum atomic E-state index is -0.562. The normalized spacial score (nSPS) is 14.9. The number of fused-ring (bicyclic) bond motifs is 1. The lowest BCUT2D eigenvalue weighted by Crippen LogP contribution is -2.29. The Labute approximate surface area is 213 Å². The zero-order valence-corrected chi connectivity index (χ0v) is 22.4. The molecule has 34 heavy (non-hydrogen) atoms. The summed E-state index contributed by atoms with van der Waals surface area (Å²) in [5.41, 5.74) is 1.90. The molecule has 184 valence electrons. The first-order chi connectivity index (χ1) is 16.4. The summed E-state index contributed by atoms with van der Waals surface area (Å²) in [5, 5.41) is 8.63. The number of rotatable bonds is 12. The van der Waals surface area contributed by atoms with E-state index in [0.717, 1.165) is 28.6 Å². The van der Waals surface area contributed by atoms with Crippen LogP contribution in [0.1, 0.15) is 52.1 Å². The van der Waals surface area contributed by atoms with Crippen LogP contribution in [-0.4, -0.2) is 46.3 Å². The molecule has 0 amide bonds. The van der Waals surface area contributed by atoms with Crippen LogP contribution in [-0.2, 0) is 9.53 Å². The van der Waals surface area contributed by atoms with Gasteiger partial charge in [0.25, 0.3) is 0 Å². The number of benzene rings is 1. The number of carbonyl (C=O) groups excluding carboxylic acids is 1. The van der Waals surface area contributed by atoms with Crippen molar-refractivity contribution in [1.82, 2.24) is 14.8 Å². The van der Waals surface area contributed by atoms with Gasteiger partial charge in [-0.1, -0.05) is 37.8 Å². The zero-order valence-electron chi connectivity index (χ0n) is 20.0. The van der Waals surface area contributed by atoms with Crippen LogP contribution in [0.25, 0.3) is 0 Å². The average Bonchev–Trinajstić information content (AvgIpc) is 3.21. The van der Waals surface area contributed by atoms with E-state index in [2.05, 4.69) is 39.7 Å². The molecule has 1 N–H and O–H groups in total. The van der Waals surface area contributed by atoms with Crippen LogP contribution in [0.2, 0.25) is 0 Å². The van der Waals surface area contributed by atoms with E-state index in [1.165, 1.54) is 0 Å². The summed E-state index contributed by atoms with van der Waals surface area (Å²) in [6, 6.07) is 3.25. The van der Waals surface area contributed by atoms with E-state index in [1.54, 1.807) is 22.5 Å². The van der Waals surface area contributed by atoms with Gasteiger partial charge in [0.15, 0.2) is 11.5 Å². The first kappa shape index (κ1) is 26.2. The van der Waals surface area contributed by atoms with Crippen LogP contribution >= 0.6 is 27.7 Å². The molecule has 1 atom stereocenters. The molecule has 2 heterocycles. The Morgan fingerprint density at radius 2 is 2.06 bits per heavy atom. The van der Waals surface area contributed by atoms with Gasteiger partial charge in [-0.25, -0.2) is 9.48 Å². The molecule has 1 aliphatic rings. The maximum absolute atomic E-state index is 13.1. The van der Waals surface area contributed by atoms with Crippen molar-refractivity contribution < 1.29 is 19.0 Å². The number of ether oxygens (including phenoxy) is 3. The number of esters is 1. The Balaban J connectivity index is 2.13. The lowest BCUT2D eigenvalue weighted by atomic mass is 9.95. The predicted octanol–water partition coefficient (Wildman–Crippen LogP) is 5.75. The van der Waals surface area contributed by atoms with Crippen molar-refractivity contribution in [2.45, 2.75) is 51.7 Å². The molecular weight excluding hydrogens is 520 g/mol. The van der Waals surface area contributed by atoms with Crippen molar-refractivity contribution in [3.8, 4) is 11.5 Å². The quantitative estimate of drug-likeness (QED) is 0.155. The standard InChI is InChI=1S/C24H31BrN4O4S/c1-6-10-12-34-24-27-23-26-15(5)19(22(30)33-11-7-2)20(29(23)28-24)16-13-17(25)21(32-9-4)18(14-16)31-8-3/h7,13-14,20H,2,6,8-12H2,1,3-5H3,(H,26,27,28). The molecule has 1 aromatic heterocycles. The van der Waals surface area contributed by atoms with Crippen LogP contribution in [0.4, 0.5) is 5.95 Å². The Morgan fingerprint density at radius 3 is 2.74 bits per heavy atom. The highest BCUT2D eigenvalue weighted by Crippen LogP contribution is 2.43. The fourth-order valence-electron chi connectivity index (χ4n) is 3.58. The maximum Gasteiger partial charge on any atom is 0.338 e. The van der Waals surface area contributed by atoms with E-state index in [1.807, 2.05) is 32.9 Å². The second-order valence-electron chi connectivity index (χ2n) is 7.51. The molecule has 0 saturated heterocycles. The van der Waals surface area contributed by atoms with Gasteiger partial charge >= 0.3 is 5.97 Å². The Kier molecular flexibility index (Phi) is 9.46. The molecule has 0 bridgehead atoms. The number of nitrogens with zero attached hydrogens (tertiary/aromatic N) is 3. The van der Waals surface area contributed by atoms with Crippen molar-refractivity contribution in [3.63, 3.8) is 0 Å². The van der Waals surface area contributed by atoms with Crippen molar-refractivity contribution >= 4 is 39.6 Å². The van der Waals surface area contributed by atoms with E-state index in [-0.39, 0.29) is 6.61 Å². The molecule has 0 radical (unpaired) electrons. The van der Waals surface area contributed by atoms with Crippen LogP contribution in [0.5, 0.6) is 11.5 Å². The van der Waals surface area contributed by atoms with Gasteiger partial charge in [0.05, 0.1) is 23.3 Å². The van der Waals surface area contributed by atoms with Gasteiger partial charge < -0.3 is 19.5 Å². The van der Waals surface area contributed by atoms with Crippen LogP contribution in [0.3, 0.4) is 0 Å². The summed E-state index contributed by atoms with van der Waals surface area (Å²) in [6.45, 7) is 12.5. The predicted molar refractivity (Wildman–Crippen MR) is 138 cm³/mol. The monoisotopic (exact) mass is 550 g/mol. The summed E-state index contributed by atoms with van der Waals surface area (Å²) in [7, 11) is 0. The Morgan fingerprint density at radius 1 is 1.29 bits per heavy atom. The number of anilines is 1. The van der Waals surface area contributed by atoms with Crippen LogP contribution in [0.15, 0.2) is 45.7 Å². The number of nitrogens with one attached hydrogen (secondary N) is 1. The number of thioether (sulfide) groups is 1. The number of halogens is 1. The number of hydrogen-bond acceptors (Lipinski definition) is 8. The molecule has 1 aromatic carbocycles. The molecular formula is C24H31BrN4O4S. The second-order valence-corrected chi connectivity index (χ2v) is 9.43. The molecule has 3 rings (SSSR count). The molecule has 0 spiro atoms. The number of unbranched alkanes of at least 4 members (excludes halogenated alkanes) is 1. The Bertz CT molecular complexity index is 1070. The van der Waals surface area contributed by atoms with E-state index in [9.17, 15) is 4.79 Å². The fraction of sp³-hybridized carbons (Fsp3) is 0.458. The molecule has 8 nitrogen and oxygen atoms in total. The third kappa shape index (κ3) is 5.78. The maximum atomic E-state index is 13.1. The van der Waals surface area contributed by atoms with Gasteiger partial charge in [-0.2, -0.15) is 4.98 Å². The highest BCUT2D eigenvalue weighted by Gasteiger charge is 2.36. The number of aromatic nitrogens is 3. The van der Waals surface area contributed by atoms with Gasteiger partial charge in [0, 0.05) is 11.4 Å². The minimum absolute atomic E-state index is 0.113. The van der Waals surface area contributed by atoms with Gasteiger partial charge in [-0.15, -0.1) is 5.10 Å². The molecule has 0 fully saturated rings. The first-order valence-electron chi connectivity index (χ1n) is 11.4. The lowest BCUT2D eigenvalue weighted by molar-refractivity contribution is -0.138. The third-order valence-corrected chi connectivity index (χ3v) is 6.56. The minimum Gasteiger partial charge on any atom is -0.490 e. The second kappa shape index (κ2) is 12.3. The molecule has 1 aliphatic heterocycles. The smallest absolute Gasteiger partial charge is 0.338 e. The fourth-order valence-corrected chi connectivity index (χ4v) is 5.06. The zero-order chi connectivity index (χ0) is 24.7. The summed E-state index contributed by atoms with van der Waals surface area (Å²) in [4.78, 5) is 17.8. The van der Waals surface area contributed by atoms with E-state index < -0.39 is 12.0 Å². The average molecular weight is 552 g/mol. The topological polar surface area (TPSA) is 87.5 Å². The summed E-state index contributed by atoms with van der Waals surface area (Å²) in [6.07, 6.45) is 3.72. The van der Waals surface area contributed by atoms with E-state index >= 15 is 0 Å². The van der Waals surface area contributed by atoms with Crippen molar-refractivity contribution in [2.24, 2.45) is 0 Å². The molecule has 1 unspecified atom stereocenters. The highest BCUT2D eigenvalue weighted by molar-refractivity contribution is 9.10. The summed E-state index contributed by atoms with van der Waals surface area (Å²) >= 11 is 5.22. The lowest BCUT2D eigenvalue weighted by Gasteiger charge is -2.28. The highest BCUT2D eigenvalue weighted by atomic mass is 79.9. The largest absolute Gasteiger partial charge is 0.490 e. The van der Waals surface area contributed by atoms with Crippen LogP contribution < -0.4 is 14.8 Å².